The van der Waals surface area contributed by atoms with Gasteiger partial charge >= 0.3 is 0 Å². The average Bonchev–Trinajstić information content (AvgIpc) is 2.84. The molecule has 6 heteroatoms. The van der Waals surface area contributed by atoms with E-state index in [9.17, 15) is 8.42 Å². The summed E-state index contributed by atoms with van der Waals surface area (Å²) < 4.78 is 30.0. The van der Waals surface area contributed by atoms with E-state index < -0.39 is 10.0 Å². The Bertz CT molecular complexity index is 779. The van der Waals surface area contributed by atoms with Gasteiger partial charge in [0.25, 0.3) is 0 Å². The van der Waals surface area contributed by atoms with Gasteiger partial charge in [-0.2, -0.15) is 0 Å². The highest BCUT2D eigenvalue weighted by Crippen LogP contribution is 2.20. The fraction of sp³-hybridized carbons (Fsp3) is 0.412. The minimum absolute atomic E-state index is 0.0319. The van der Waals surface area contributed by atoms with E-state index in [1.54, 1.807) is 6.07 Å². The Hall–Kier alpha value is -1.63. The second kappa shape index (κ2) is 6.86. The number of aromatic nitrogens is 1. The van der Waals surface area contributed by atoms with Crippen LogP contribution in [0.25, 0.3) is 0 Å². The summed E-state index contributed by atoms with van der Waals surface area (Å²) in [6, 6.07) is 9.31. The molecule has 0 aliphatic carbocycles. The second-order valence-corrected chi connectivity index (χ2v) is 7.88. The number of hydrogen-bond donors (Lipinski definition) is 1. The van der Waals surface area contributed by atoms with Gasteiger partial charge in [0.2, 0.25) is 10.0 Å². The Morgan fingerprint density at radius 1 is 1.22 bits per heavy atom. The van der Waals surface area contributed by atoms with Gasteiger partial charge in [-0.05, 0) is 51.7 Å². The summed E-state index contributed by atoms with van der Waals surface area (Å²) in [5.41, 5.74) is 2.88. The molecule has 1 atom stereocenters. The van der Waals surface area contributed by atoms with Crippen molar-refractivity contribution in [1.82, 2.24) is 14.2 Å². The molecule has 1 aromatic heterocycles. The predicted octanol–water partition coefficient (Wildman–Crippen LogP) is 2.22. The highest BCUT2D eigenvalue weighted by molar-refractivity contribution is 7.89. The Morgan fingerprint density at radius 2 is 1.91 bits per heavy atom. The standard InChI is InChI=1S/C17H25N3O2S/c1-13-8-9-17(14(2)11-13)23(21,22)18-12-16(19(3)4)15-7-6-10-20(15)5/h6-11,16,18H,12H2,1-5H3. The van der Waals surface area contributed by atoms with Gasteiger partial charge in [0.1, 0.15) is 0 Å². The SMILES string of the molecule is Cc1ccc(S(=O)(=O)NCC(c2cccn2C)N(C)C)c(C)c1. The highest BCUT2D eigenvalue weighted by Gasteiger charge is 2.22. The first-order valence-corrected chi connectivity index (χ1v) is 9.05. The molecule has 23 heavy (non-hydrogen) atoms. The highest BCUT2D eigenvalue weighted by atomic mass is 32.2. The molecule has 0 fully saturated rings. The van der Waals surface area contributed by atoms with Gasteiger partial charge in [0.15, 0.2) is 0 Å². The van der Waals surface area contributed by atoms with Gasteiger partial charge in [-0.15, -0.1) is 0 Å². The molecule has 0 aliphatic heterocycles. The Labute approximate surface area is 139 Å². The lowest BCUT2D eigenvalue weighted by atomic mass is 10.2. The van der Waals surface area contributed by atoms with Crippen molar-refractivity contribution in [3.8, 4) is 0 Å². The molecule has 0 amide bonds. The van der Waals surface area contributed by atoms with Crippen molar-refractivity contribution in [3.63, 3.8) is 0 Å². The van der Waals surface area contributed by atoms with Crippen LogP contribution >= 0.6 is 0 Å². The van der Waals surface area contributed by atoms with Crippen molar-refractivity contribution in [2.75, 3.05) is 20.6 Å². The van der Waals surface area contributed by atoms with Gasteiger partial charge in [-0.25, -0.2) is 13.1 Å². The predicted molar refractivity (Wildman–Crippen MR) is 92.9 cm³/mol. The molecule has 2 rings (SSSR count). The maximum absolute atomic E-state index is 12.6. The average molecular weight is 335 g/mol. The molecule has 1 N–H and O–H groups in total. The number of rotatable bonds is 6. The summed E-state index contributed by atoms with van der Waals surface area (Å²) in [4.78, 5) is 2.35. The largest absolute Gasteiger partial charge is 0.353 e. The van der Waals surface area contributed by atoms with E-state index in [0.29, 0.717) is 11.4 Å². The van der Waals surface area contributed by atoms with E-state index in [1.807, 2.05) is 74.9 Å². The van der Waals surface area contributed by atoms with E-state index in [0.717, 1.165) is 16.8 Å². The fourth-order valence-corrected chi connectivity index (χ4v) is 4.00. The van der Waals surface area contributed by atoms with Crippen molar-refractivity contribution < 1.29 is 8.42 Å². The normalized spacial score (nSPS) is 13.5. The topological polar surface area (TPSA) is 54.3 Å². The fourth-order valence-electron chi connectivity index (χ4n) is 2.74. The third kappa shape index (κ3) is 4.02. The summed E-state index contributed by atoms with van der Waals surface area (Å²) in [5.74, 6) is 0. The second-order valence-electron chi connectivity index (χ2n) is 6.14. The first kappa shape index (κ1) is 17.7. The van der Waals surface area contributed by atoms with Gasteiger partial charge < -0.3 is 4.57 Å². The number of sulfonamides is 1. The summed E-state index contributed by atoms with van der Waals surface area (Å²) >= 11 is 0. The van der Waals surface area contributed by atoms with Crippen LogP contribution in [0.2, 0.25) is 0 Å². The van der Waals surface area contributed by atoms with Crippen LogP contribution in [-0.2, 0) is 17.1 Å². The zero-order valence-corrected chi connectivity index (χ0v) is 15.2. The van der Waals surface area contributed by atoms with Gasteiger partial charge in [-0.1, -0.05) is 17.7 Å². The van der Waals surface area contributed by atoms with Crippen molar-refractivity contribution in [1.29, 1.82) is 0 Å². The third-order valence-electron chi connectivity index (χ3n) is 4.04. The van der Waals surface area contributed by atoms with Gasteiger partial charge in [0, 0.05) is 25.5 Å². The van der Waals surface area contributed by atoms with Crippen molar-refractivity contribution in [2.45, 2.75) is 24.8 Å². The van der Waals surface area contributed by atoms with Crippen molar-refractivity contribution in [2.24, 2.45) is 7.05 Å². The van der Waals surface area contributed by atoms with Crippen LogP contribution in [0.1, 0.15) is 22.9 Å². The molecule has 1 aromatic carbocycles. The molecular formula is C17H25N3O2S. The molecule has 2 aromatic rings. The van der Waals surface area contributed by atoms with E-state index in [4.69, 9.17) is 0 Å². The minimum atomic E-state index is -3.53. The van der Waals surface area contributed by atoms with Gasteiger partial charge in [-0.3, -0.25) is 4.90 Å². The Morgan fingerprint density at radius 3 is 2.43 bits per heavy atom. The van der Waals surface area contributed by atoms with Crippen LogP contribution in [0.3, 0.4) is 0 Å². The molecular weight excluding hydrogens is 310 g/mol. The smallest absolute Gasteiger partial charge is 0.240 e. The van der Waals surface area contributed by atoms with E-state index >= 15 is 0 Å². The summed E-state index contributed by atoms with van der Waals surface area (Å²) in [7, 11) is 2.33. The number of nitrogens with zero attached hydrogens (tertiary/aromatic N) is 2. The number of aryl methyl sites for hydroxylation is 3. The molecule has 0 saturated carbocycles. The zero-order valence-electron chi connectivity index (χ0n) is 14.4. The van der Waals surface area contributed by atoms with Crippen LogP contribution in [0, 0.1) is 13.8 Å². The molecule has 1 heterocycles. The van der Waals surface area contributed by atoms with Crippen molar-refractivity contribution >= 4 is 10.0 Å². The molecule has 5 nitrogen and oxygen atoms in total. The Balaban J connectivity index is 2.21. The first-order chi connectivity index (χ1) is 10.7. The molecule has 0 saturated heterocycles. The molecule has 0 bridgehead atoms. The third-order valence-corrected chi connectivity index (χ3v) is 5.62. The summed E-state index contributed by atoms with van der Waals surface area (Å²) in [6.45, 7) is 4.09. The summed E-state index contributed by atoms with van der Waals surface area (Å²) in [6.07, 6.45) is 1.96. The first-order valence-electron chi connectivity index (χ1n) is 7.57. The maximum Gasteiger partial charge on any atom is 0.240 e. The van der Waals surface area contributed by atoms with Crippen LogP contribution in [0.5, 0.6) is 0 Å². The zero-order chi connectivity index (χ0) is 17.2. The number of likely N-dealkylation sites (N-methyl/N-ethyl adjacent to an activating group) is 1. The quantitative estimate of drug-likeness (QED) is 0.881. The Kier molecular flexibility index (Phi) is 5.29. The number of benzene rings is 1. The van der Waals surface area contributed by atoms with Crippen LogP contribution in [0.4, 0.5) is 0 Å². The van der Waals surface area contributed by atoms with Crippen LogP contribution in [-0.4, -0.2) is 38.5 Å². The molecule has 1 unspecified atom stereocenters. The minimum Gasteiger partial charge on any atom is -0.353 e. The van der Waals surface area contributed by atoms with E-state index in [1.165, 1.54) is 0 Å². The van der Waals surface area contributed by atoms with Crippen LogP contribution < -0.4 is 4.72 Å². The molecule has 0 aliphatic rings. The lowest BCUT2D eigenvalue weighted by Crippen LogP contribution is -2.35. The van der Waals surface area contributed by atoms with E-state index in [2.05, 4.69) is 4.72 Å². The van der Waals surface area contributed by atoms with Gasteiger partial charge in [0.05, 0.1) is 10.9 Å². The monoisotopic (exact) mass is 335 g/mol. The maximum atomic E-state index is 12.6. The van der Waals surface area contributed by atoms with Crippen LogP contribution in [0.15, 0.2) is 41.4 Å². The lowest BCUT2D eigenvalue weighted by molar-refractivity contribution is 0.289. The molecule has 0 radical (unpaired) electrons. The summed E-state index contributed by atoms with van der Waals surface area (Å²) in [5, 5.41) is 0. The van der Waals surface area contributed by atoms with E-state index in [-0.39, 0.29) is 6.04 Å². The number of nitrogens with one attached hydrogen (secondary N) is 1. The molecule has 0 spiro atoms. The molecule has 126 valence electrons. The number of hydrogen-bond acceptors (Lipinski definition) is 3. The van der Waals surface area contributed by atoms with Crippen molar-refractivity contribution in [3.05, 3.63) is 53.3 Å². The lowest BCUT2D eigenvalue weighted by Gasteiger charge is -2.25.